The number of rotatable bonds is 1. The summed E-state index contributed by atoms with van der Waals surface area (Å²) >= 11 is 0. The molecule has 6 rings (SSSR count). The Labute approximate surface area is 175 Å². The van der Waals surface area contributed by atoms with Gasteiger partial charge in [0, 0.05) is 27.2 Å². The summed E-state index contributed by atoms with van der Waals surface area (Å²) in [5.41, 5.74) is 8.59. The lowest BCUT2D eigenvalue weighted by Gasteiger charge is -2.14. The molecule has 0 N–H and O–H groups in total. The van der Waals surface area contributed by atoms with E-state index >= 15 is 0 Å². The zero-order valence-corrected chi connectivity index (χ0v) is 17.8. The van der Waals surface area contributed by atoms with Crippen molar-refractivity contribution < 1.29 is 0 Å². The Morgan fingerprint density at radius 1 is 0.700 bits per heavy atom. The van der Waals surface area contributed by atoms with E-state index in [-0.39, 0.29) is 0 Å². The molecule has 0 aliphatic heterocycles. The van der Waals surface area contributed by atoms with Gasteiger partial charge >= 0.3 is 0 Å². The Bertz CT molecular complexity index is 1630. The quantitative estimate of drug-likeness (QED) is 0.264. The lowest BCUT2D eigenvalue weighted by Crippen LogP contribution is -1.95. The maximum absolute atomic E-state index is 4.90. The van der Waals surface area contributed by atoms with E-state index in [1.807, 2.05) is 0 Å². The molecule has 0 saturated carbocycles. The number of aryl methyl sites for hydroxylation is 2. The average Bonchev–Trinajstić information content (AvgIpc) is 3.15. The summed E-state index contributed by atoms with van der Waals surface area (Å²) in [4.78, 5) is 4.90. The number of hydrogen-bond acceptors (Lipinski definition) is 1. The molecule has 0 spiro atoms. The molecule has 3 heterocycles. The lowest BCUT2D eigenvalue weighted by molar-refractivity contribution is 0.868. The second-order valence-corrected chi connectivity index (χ2v) is 8.82. The van der Waals surface area contributed by atoms with Gasteiger partial charge in [-0.05, 0) is 55.0 Å². The minimum atomic E-state index is 0.499. The van der Waals surface area contributed by atoms with Crippen LogP contribution in [0.2, 0.25) is 0 Å². The Kier molecular flexibility index (Phi) is 3.53. The first-order valence-corrected chi connectivity index (χ1v) is 10.7. The van der Waals surface area contributed by atoms with Crippen LogP contribution in [0.25, 0.3) is 49.0 Å². The molecule has 2 nitrogen and oxygen atoms in total. The summed E-state index contributed by atoms with van der Waals surface area (Å²) in [6.45, 7) is 8.83. The van der Waals surface area contributed by atoms with Crippen molar-refractivity contribution in [3.63, 3.8) is 0 Å². The molecule has 0 aliphatic carbocycles. The zero-order chi connectivity index (χ0) is 20.6. The third-order valence-electron chi connectivity index (χ3n) is 6.51. The minimum Gasteiger partial charge on any atom is -0.308 e. The van der Waals surface area contributed by atoms with Gasteiger partial charge in [-0.15, -0.1) is 0 Å². The highest BCUT2D eigenvalue weighted by atomic mass is 14.9. The number of para-hydroxylation sites is 1. The second kappa shape index (κ2) is 6.06. The van der Waals surface area contributed by atoms with Crippen molar-refractivity contribution in [1.29, 1.82) is 0 Å². The fraction of sp³-hybridized carbons (Fsp3) is 0.179. The number of aromatic nitrogens is 2. The second-order valence-electron chi connectivity index (χ2n) is 8.82. The average molecular weight is 389 g/mol. The van der Waals surface area contributed by atoms with Gasteiger partial charge in [-0.1, -0.05) is 61.9 Å². The molecule has 0 bridgehead atoms. The van der Waals surface area contributed by atoms with Gasteiger partial charge in [-0.25, -0.2) is 0 Å². The minimum absolute atomic E-state index is 0.499. The molecule has 146 valence electrons. The Hall–Kier alpha value is -3.39. The van der Waals surface area contributed by atoms with Gasteiger partial charge in [0.15, 0.2) is 0 Å². The standard InChI is InChI=1S/C28H24N2/c1-16(2)19-10-12-26-24(14-19)23-13-17(3)9-11-20(23)27-15-22-18(4)29-25-8-6-5-7-21(25)28(22)30(26)27/h5-16H,1-4H3. The van der Waals surface area contributed by atoms with E-state index in [0.29, 0.717) is 5.92 Å². The zero-order valence-electron chi connectivity index (χ0n) is 17.8. The molecule has 3 aromatic heterocycles. The highest BCUT2D eigenvalue weighted by Gasteiger charge is 2.17. The summed E-state index contributed by atoms with van der Waals surface area (Å²) in [6, 6.07) is 24.7. The summed E-state index contributed by atoms with van der Waals surface area (Å²) in [7, 11) is 0. The van der Waals surface area contributed by atoms with Crippen molar-refractivity contribution in [3.05, 3.63) is 83.6 Å². The van der Waals surface area contributed by atoms with E-state index in [1.54, 1.807) is 0 Å². The summed E-state index contributed by atoms with van der Waals surface area (Å²) in [6.07, 6.45) is 0. The van der Waals surface area contributed by atoms with Crippen LogP contribution in [0, 0.1) is 13.8 Å². The van der Waals surface area contributed by atoms with Gasteiger partial charge < -0.3 is 4.40 Å². The Balaban J connectivity index is 1.98. The molecule has 0 amide bonds. The van der Waals surface area contributed by atoms with Crippen LogP contribution in [-0.2, 0) is 0 Å². The van der Waals surface area contributed by atoms with E-state index in [4.69, 9.17) is 4.98 Å². The molecule has 30 heavy (non-hydrogen) atoms. The van der Waals surface area contributed by atoms with E-state index in [9.17, 15) is 0 Å². The van der Waals surface area contributed by atoms with Gasteiger partial charge in [0.1, 0.15) is 0 Å². The van der Waals surface area contributed by atoms with Crippen molar-refractivity contribution in [2.45, 2.75) is 33.6 Å². The van der Waals surface area contributed by atoms with Crippen LogP contribution >= 0.6 is 0 Å². The predicted molar refractivity (Wildman–Crippen MR) is 129 cm³/mol. The van der Waals surface area contributed by atoms with Crippen molar-refractivity contribution in [2.24, 2.45) is 0 Å². The molecule has 3 aromatic carbocycles. The van der Waals surface area contributed by atoms with Crippen molar-refractivity contribution in [1.82, 2.24) is 9.38 Å². The molecule has 0 atom stereocenters. The molecule has 6 aromatic rings. The highest BCUT2D eigenvalue weighted by molar-refractivity contribution is 6.19. The summed E-state index contributed by atoms with van der Waals surface area (Å²) < 4.78 is 2.46. The normalized spacial score (nSPS) is 12.3. The van der Waals surface area contributed by atoms with Gasteiger partial charge in [0.05, 0.1) is 22.1 Å². The lowest BCUT2D eigenvalue weighted by atomic mass is 9.97. The smallest absolute Gasteiger partial charge is 0.0726 e. The van der Waals surface area contributed by atoms with Crippen LogP contribution in [0.15, 0.2) is 66.7 Å². The van der Waals surface area contributed by atoms with Gasteiger partial charge in [0.25, 0.3) is 0 Å². The van der Waals surface area contributed by atoms with E-state index in [0.717, 1.165) is 11.2 Å². The number of fused-ring (bicyclic) bond motifs is 10. The molecular weight excluding hydrogens is 364 g/mol. The largest absolute Gasteiger partial charge is 0.308 e. The van der Waals surface area contributed by atoms with Gasteiger partial charge in [-0.2, -0.15) is 0 Å². The summed E-state index contributed by atoms with van der Waals surface area (Å²) in [5.74, 6) is 0.499. The van der Waals surface area contributed by atoms with Crippen molar-refractivity contribution in [2.75, 3.05) is 0 Å². The number of hydrogen-bond donors (Lipinski definition) is 0. The number of benzene rings is 3. The topological polar surface area (TPSA) is 17.3 Å². The van der Waals surface area contributed by atoms with Crippen LogP contribution < -0.4 is 0 Å². The van der Waals surface area contributed by atoms with E-state index in [1.165, 1.54) is 54.6 Å². The van der Waals surface area contributed by atoms with E-state index < -0.39 is 0 Å². The SMILES string of the molecule is Cc1ccc2c(c1)c1cc(C(C)C)ccc1n1c2cc2c(C)nc3ccccc3c21. The van der Waals surface area contributed by atoms with Crippen LogP contribution in [0.4, 0.5) is 0 Å². The van der Waals surface area contributed by atoms with Crippen molar-refractivity contribution >= 4 is 49.0 Å². The van der Waals surface area contributed by atoms with Crippen LogP contribution in [-0.4, -0.2) is 9.38 Å². The fourth-order valence-electron chi connectivity index (χ4n) is 4.94. The van der Waals surface area contributed by atoms with Crippen molar-refractivity contribution in [3.8, 4) is 0 Å². The Morgan fingerprint density at radius 2 is 1.53 bits per heavy atom. The maximum Gasteiger partial charge on any atom is 0.0726 e. The third kappa shape index (κ3) is 2.28. The fourth-order valence-corrected chi connectivity index (χ4v) is 4.94. The number of nitrogens with zero attached hydrogens (tertiary/aromatic N) is 2. The highest BCUT2D eigenvalue weighted by Crippen LogP contribution is 2.38. The first kappa shape index (κ1) is 17.5. The summed E-state index contributed by atoms with van der Waals surface area (Å²) in [5, 5.41) is 6.39. The molecule has 0 fully saturated rings. The Morgan fingerprint density at radius 3 is 2.37 bits per heavy atom. The first-order valence-electron chi connectivity index (χ1n) is 10.7. The van der Waals surface area contributed by atoms with Gasteiger partial charge in [-0.3, -0.25) is 4.98 Å². The van der Waals surface area contributed by atoms with E-state index in [2.05, 4.69) is 98.8 Å². The predicted octanol–water partition coefficient (Wildman–Crippen LogP) is 7.69. The van der Waals surface area contributed by atoms with Crippen LogP contribution in [0.5, 0.6) is 0 Å². The first-order chi connectivity index (χ1) is 14.5. The number of pyridine rings is 2. The monoisotopic (exact) mass is 388 g/mol. The molecule has 0 aliphatic rings. The van der Waals surface area contributed by atoms with Crippen LogP contribution in [0.1, 0.15) is 36.6 Å². The molecule has 0 saturated heterocycles. The van der Waals surface area contributed by atoms with Gasteiger partial charge in [0.2, 0.25) is 0 Å². The van der Waals surface area contributed by atoms with Crippen LogP contribution in [0.3, 0.4) is 0 Å². The molecule has 0 unspecified atom stereocenters. The molecular formula is C28H24N2. The third-order valence-corrected chi connectivity index (χ3v) is 6.51. The maximum atomic E-state index is 4.90. The molecule has 0 radical (unpaired) electrons. The molecule has 2 heteroatoms.